The van der Waals surface area contributed by atoms with Gasteiger partial charge >= 0.3 is 6.01 Å². The molecule has 0 aliphatic carbocycles. The molecule has 0 saturated heterocycles. The lowest BCUT2D eigenvalue weighted by Crippen LogP contribution is -2.14. The van der Waals surface area contributed by atoms with E-state index >= 15 is 0 Å². The van der Waals surface area contributed by atoms with Crippen LogP contribution in [-0.4, -0.2) is 31.4 Å². The minimum atomic E-state index is -0.231. The van der Waals surface area contributed by atoms with Crippen LogP contribution in [0.15, 0.2) is 64.3 Å². The van der Waals surface area contributed by atoms with Crippen LogP contribution in [0.1, 0.15) is 5.82 Å². The fourth-order valence-corrected chi connectivity index (χ4v) is 3.39. The Morgan fingerprint density at radius 1 is 1.12 bits per heavy atom. The Hall–Kier alpha value is -3.13. The second kappa shape index (κ2) is 7.01. The largest absolute Gasteiger partial charge is 0.328 e. The van der Waals surface area contributed by atoms with Gasteiger partial charge in [-0.05, 0) is 31.2 Å². The van der Waals surface area contributed by atoms with Crippen molar-refractivity contribution in [3.05, 3.63) is 60.4 Å². The fourth-order valence-electron chi connectivity index (χ4n) is 2.56. The summed E-state index contributed by atoms with van der Waals surface area (Å²) in [6.07, 6.45) is 0. The number of amides is 1. The summed E-state index contributed by atoms with van der Waals surface area (Å²) in [4.78, 5) is 20.8. The molecule has 0 spiro atoms. The molecule has 2 aromatic carbocycles. The average Bonchev–Trinajstić information content (AvgIpc) is 3.23. The molecule has 4 aromatic rings. The van der Waals surface area contributed by atoms with Crippen molar-refractivity contribution in [2.24, 2.45) is 0 Å². The molecule has 0 unspecified atom stereocenters. The van der Waals surface area contributed by atoms with Crippen LogP contribution in [0.5, 0.6) is 0 Å². The summed E-state index contributed by atoms with van der Waals surface area (Å²) in [5.74, 6) is 0.418. The molecule has 1 N–H and O–H groups in total. The summed E-state index contributed by atoms with van der Waals surface area (Å²) < 4.78 is 6.95. The molecule has 0 radical (unpaired) electrons. The molecule has 26 heavy (non-hydrogen) atoms. The third-order valence-corrected chi connectivity index (χ3v) is 4.59. The Kier molecular flexibility index (Phi) is 4.40. The first kappa shape index (κ1) is 16.3. The Morgan fingerprint density at radius 2 is 1.88 bits per heavy atom. The lowest BCUT2D eigenvalue weighted by atomic mass is 10.3. The van der Waals surface area contributed by atoms with Gasteiger partial charge in [0.15, 0.2) is 11.0 Å². The van der Waals surface area contributed by atoms with Crippen molar-refractivity contribution in [2.75, 3.05) is 11.1 Å². The summed E-state index contributed by atoms with van der Waals surface area (Å²) in [5.41, 5.74) is 2.87. The molecule has 0 aliphatic heterocycles. The summed E-state index contributed by atoms with van der Waals surface area (Å²) in [5, 5.41) is 6.98. The lowest BCUT2D eigenvalue weighted by Gasteiger charge is -2.08. The Labute approximate surface area is 153 Å². The van der Waals surface area contributed by atoms with Gasteiger partial charge in [0.05, 0.1) is 16.8 Å². The molecule has 7 nitrogen and oxygen atoms in total. The molecule has 130 valence electrons. The molecular formula is C18H15N5O2S. The summed E-state index contributed by atoms with van der Waals surface area (Å²) in [6.45, 7) is 1.69. The number of carbonyl (C=O) groups is 1. The third kappa shape index (κ3) is 3.31. The van der Waals surface area contributed by atoms with Gasteiger partial charge in [0.1, 0.15) is 0 Å². The van der Waals surface area contributed by atoms with E-state index in [0.29, 0.717) is 5.82 Å². The molecule has 1 amide bonds. The van der Waals surface area contributed by atoms with E-state index in [4.69, 9.17) is 4.52 Å². The van der Waals surface area contributed by atoms with Crippen molar-refractivity contribution < 1.29 is 9.32 Å². The highest BCUT2D eigenvalue weighted by Gasteiger charge is 2.15. The van der Waals surface area contributed by atoms with E-state index in [1.807, 2.05) is 59.2 Å². The second-order valence-corrected chi connectivity index (χ2v) is 6.48. The van der Waals surface area contributed by atoms with E-state index in [2.05, 4.69) is 20.4 Å². The highest BCUT2D eigenvalue weighted by atomic mass is 32.2. The van der Waals surface area contributed by atoms with Gasteiger partial charge in [0.2, 0.25) is 5.91 Å². The lowest BCUT2D eigenvalue weighted by molar-refractivity contribution is -0.114. The van der Waals surface area contributed by atoms with E-state index in [9.17, 15) is 4.79 Å². The first-order chi connectivity index (χ1) is 12.7. The number of para-hydroxylation sites is 3. The molecule has 0 saturated carbocycles. The van der Waals surface area contributed by atoms with Gasteiger partial charge in [-0.1, -0.05) is 47.3 Å². The maximum Gasteiger partial charge on any atom is 0.328 e. The van der Waals surface area contributed by atoms with Crippen LogP contribution in [0.2, 0.25) is 0 Å². The summed E-state index contributed by atoms with van der Waals surface area (Å²) >= 11 is 1.35. The van der Waals surface area contributed by atoms with Crippen LogP contribution in [0.3, 0.4) is 0 Å². The minimum absolute atomic E-state index is 0.102. The zero-order chi connectivity index (χ0) is 17.9. The molecule has 0 aliphatic rings. The van der Waals surface area contributed by atoms with Gasteiger partial charge in [0.25, 0.3) is 0 Å². The van der Waals surface area contributed by atoms with Gasteiger partial charge in [-0.25, -0.2) is 4.98 Å². The summed E-state index contributed by atoms with van der Waals surface area (Å²) in [6, 6.07) is 17.9. The normalized spacial score (nSPS) is 11.0. The Bertz CT molecular complexity index is 1060. The van der Waals surface area contributed by atoms with E-state index in [0.717, 1.165) is 21.9 Å². The topological polar surface area (TPSA) is 85.8 Å². The highest BCUT2D eigenvalue weighted by molar-refractivity contribution is 7.99. The third-order valence-electron chi connectivity index (χ3n) is 3.65. The van der Waals surface area contributed by atoms with Gasteiger partial charge < -0.3 is 4.52 Å². The van der Waals surface area contributed by atoms with Crippen LogP contribution in [-0.2, 0) is 4.79 Å². The molecule has 4 rings (SSSR count). The van der Waals surface area contributed by atoms with Crippen molar-refractivity contribution in [3.8, 4) is 5.69 Å². The van der Waals surface area contributed by atoms with E-state index in [-0.39, 0.29) is 17.7 Å². The summed E-state index contributed by atoms with van der Waals surface area (Å²) in [7, 11) is 0. The number of fused-ring (bicyclic) bond motifs is 1. The number of carbonyl (C=O) groups excluding carboxylic acids is 1. The van der Waals surface area contributed by atoms with Crippen molar-refractivity contribution in [2.45, 2.75) is 12.1 Å². The molecule has 2 aromatic heterocycles. The van der Waals surface area contributed by atoms with Crippen molar-refractivity contribution in [1.29, 1.82) is 0 Å². The van der Waals surface area contributed by atoms with E-state index in [1.165, 1.54) is 11.8 Å². The van der Waals surface area contributed by atoms with E-state index < -0.39 is 0 Å². The minimum Gasteiger partial charge on any atom is -0.315 e. The van der Waals surface area contributed by atoms with Crippen molar-refractivity contribution in [3.63, 3.8) is 0 Å². The SMILES string of the molecule is Cc1noc(NC(=O)CSc2nc3ccccc3n2-c2ccccc2)n1. The van der Waals surface area contributed by atoms with E-state index in [1.54, 1.807) is 6.92 Å². The van der Waals surface area contributed by atoms with Crippen LogP contribution in [0.4, 0.5) is 6.01 Å². The monoisotopic (exact) mass is 365 g/mol. The standard InChI is InChI=1S/C18H15N5O2S/c1-12-19-17(25-22-12)21-16(24)11-26-18-20-14-9-5-6-10-15(14)23(18)13-7-3-2-4-8-13/h2-10H,11H2,1H3,(H,19,21,22,24). The number of nitrogens with zero attached hydrogens (tertiary/aromatic N) is 4. The number of nitrogens with one attached hydrogen (secondary N) is 1. The zero-order valence-electron chi connectivity index (χ0n) is 13.9. The molecule has 8 heteroatoms. The smallest absolute Gasteiger partial charge is 0.315 e. The first-order valence-electron chi connectivity index (χ1n) is 7.96. The number of thioether (sulfide) groups is 1. The van der Waals surface area contributed by atoms with Crippen LogP contribution in [0, 0.1) is 6.92 Å². The average molecular weight is 365 g/mol. The van der Waals surface area contributed by atoms with Crippen molar-refractivity contribution in [1.82, 2.24) is 19.7 Å². The molecule has 0 atom stereocenters. The molecule has 2 heterocycles. The number of hydrogen-bond donors (Lipinski definition) is 1. The number of aromatic nitrogens is 4. The van der Waals surface area contributed by atoms with Gasteiger partial charge in [0, 0.05) is 5.69 Å². The Balaban J connectivity index is 1.59. The maximum absolute atomic E-state index is 12.2. The van der Waals surface area contributed by atoms with Gasteiger partial charge in [-0.2, -0.15) is 4.98 Å². The highest BCUT2D eigenvalue weighted by Crippen LogP contribution is 2.27. The van der Waals surface area contributed by atoms with Crippen LogP contribution in [0.25, 0.3) is 16.7 Å². The zero-order valence-corrected chi connectivity index (χ0v) is 14.7. The van der Waals surface area contributed by atoms with Crippen LogP contribution < -0.4 is 5.32 Å². The number of imidazole rings is 1. The molecule has 0 fully saturated rings. The van der Waals surface area contributed by atoms with Gasteiger partial charge in [-0.3, -0.25) is 14.7 Å². The number of benzene rings is 2. The second-order valence-electron chi connectivity index (χ2n) is 5.54. The van der Waals surface area contributed by atoms with Crippen LogP contribution >= 0.6 is 11.8 Å². The number of rotatable bonds is 5. The molecular weight excluding hydrogens is 350 g/mol. The Morgan fingerprint density at radius 3 is 2.65 bits per heavy atom. The molecule has 0 bridgehead atoms. The van der Waals surface area contributed by atoms with Crippen molar-refractivity contribution >= 4 is 34.7 Å². The van der Waals surface area contributed by atoms with Gasteiger partial charge in [-0.15, -0.1) is 0 Å². The number of anilines is 1. The predicted molar refractivity (Wildman–Crippen MR) is 99.5 cm³/mol. The number of hydrogen-bond acceptors (Lipinski definition) is 6. The first-order valence-corrected chi connectivity index (χ1v) is 8.95. The fraction of sp³-hybridized carbons (Fsp3) is 0.111. The quantitative estimate of drug-likeness (QED) is 0.545. The number of aryl methyl sites for hydroxylation is 1. The predicted octanol–water partition coefficient (Wildman–Crippen LogP) is 3.45. The maximum atomic E-state index is 12.2.